The molecular weight excluding hydrogens is 426 g/mol. The second-order valence-electron chi connectivity index (χ2n) is 11.9. The Labute approximate surface area is 205 Å². The Morgan fingerprint density at radius 3 is 2.62 bits per heavy atom. The fourth-order valence-corrected chi connectivity index (χ4v) is 6.02. The van der Waals surface area contributed by atoms with Crippen LogP contribution in [0, 0.1) is 5.92 Å². The van der Waals surface area contributed by atoms with Gasteiger partial charge in [-0.25, -0.2) is 0 Å². The smallest absolute Gasteiger partial charge is 0.247 e. The van der Waals surface area contributed by atoms with Gasteiger partial charge in [0.2, 0.25) is 5.91 Å². The molecule has 0 radical (unpaired) electrons. The molecule has 1 saturated carbocycles. The molecule has 2 aliphatic carbocycles. The number of rotatable bonds is 8. The highest BCUT2D eigenvalue weighted by atomic mass is 16.5. The average molecular weight is 470 g/mol. The number of carbonyl (C=O) groups excluding carboxylic acids is 1. The Bertz CT molecular complexity index is 948. The SMILES string of the molecule is CCCCCCC(C)(C)c1cc(O)c2c(c1)OC(C)(C)[C@@H]1CC=C(C(=O)NC3CC[C@H]3O)CC21. The van der Waals surface area contributed by atoms with Crippen LogP contribution in [-0.4, -0.2) is 33.9 Å². The van der Waals surface area contributed by atoms with Crippen molar-refractivity contribution >= 4 is 5.91 Å². The third-order valence-electron chi connectivity index (χ3n) is 8.58. The molecule has 0 bridgehead atoms. The van der Waals surface area contributed by atoms with Gasteiger partial charge in [0.05, 0.1) is 12.1 Å². The molecule has 0 saturated heterocycles. The topological polar surface area (TPSA) is 78.8 Å². The molecule has 188 valence electrons. The monoisotopic (exact) mass is 469 g/mol. The van der Waals surface area contributed by atoms with Crippen LogP contribution in [0.2, 0.25) is 0 Å². The van der Waals surface area contributed by atoms with Crippen molar-refractivity contribution in [2.24, 2.45) is 5.92 Å². The Balaban J connectivity index is 1.58. The fourth-order valence-electron chi connectivity index (χ4n) is 6.02. The maximum absolute atomic E-state index is 12.9. The van der Waals surface area contributed by atoms with Crippen LogP contribution in [0.15, 0.2) is 23.8 Å². The minimum absolute atomic E-state index is 0.0255. The Morgan fingerprint density at radius 2 is 1.97 bits per heavy atom. The fraction of sp³-hybridized carbons (Fsp3) is 0.690. The minimum atomic E-state index is -0.434. The van der Waals surface area contributed by atoms with Gasteiger partial charge in [0, 0.05) is 23.0 Å². The number of allylic oxidation sites excluding steroid dienone is 1. The van der Waals surface area contributed by atoms with Gasteiger partial charge in [0.25, 0.3) is 0 Å². The molecule has 4 rings (SSSR count). The van der Waals surface area contributed by atoms with Gasteiger partial charge in [0.1, 0.15) is 17.1 Å². The van der Waals surface area contributed by atoms with Crippen LogP contribution in [0.1, 0.15) is 109 Å². The summed E-state index contributed by atoms with van der Waals surface area (Å²) in [5, 5.41) is 24.1. The zero-order valence-electron chi connectivity index (χ0n) is 21.6. The molecule has 5 nitrogen and oxygen atoms in total. The van der Waals surface area contributed by atoms with Crippen molar-refractivity contribution in [2.75, 3.05) is 0 Å². The molecule has 3 N–H and O–H groups in total. The quantitative estimate of drug-likeness (QED) is 0.416. The number of unbranched alkanes of at least 4 members (excludes halogenated alkanes) is 3. The molecule has 5 heteroatoms. The Morgan fingerprint density at radius 1 is 1.21 bits per heavy atom. The highest BCUT2D eigenvalue weighted by molar-refractivity contribution is 5.94. The van der Waals surface area contributed by atoms with Gasteiger partial charge in [-0.05, 0) is 69.1 Å². The first-order valence-electron chi connectivity index (χ1n) is 13.3. The number of carbonyl (C=O) groups is 1. The van der Waals surface area contributed by atoms with Crippen LogP contribution >= 0.6 is 0 Å². The molecule has 1 aliphatic heterocycles. The first-order valence-corrected chi connectivity index (χ1v) is 13.3. The van der Waals surface area contributed by atoms with E-state index in [1.807, 2.05) is 12.1 Å². The number of aromatic hydroxyl groups is 1. The van der Waals surface area contributed by atoms with Crippen molar-refractivity contribution in [3.05, 3.63) is 34.9 Å². The number of phenols is 1. The number of phenolic OH excluding ortho intramolecular Hbond substituents is 1. The number of hydrogen-bond acceptors (Lipinski definition) is 4. The number of nitrogens with one attached hydrogen (secondary N) is 1. The zero-order chi connectivity index (χ0) is 24.7. The van der Waals surface area contributed by atoms with E-state index in [0.717, 1.165) is 48.1 Å². The minimum Gasteiger partial charge on any atom is -0.508 e. The highest BCUT2D eigenvalue weighted by Crippen LogP contribution is 2.55. The third-order valence-corrected chi connectivity index (χ3v) is 8.58. The van der Waals surface area contributed by atoms with Crippen LogP contribution < -0.4 is 10.1 Å². The van der Waals surface area contributed by atoms with Gasteiger partial charge in [-0.1, -0.05) is 52.5 Å². The molecular formula is C29H43NO4. The summed E-state index contributed by atoms with van der Waals surface area (Å²) in [6.07, 6.45) is 10.4. The molecule has 1 aromatic carbocycles. The normalized spacial score (nSPS) is 27.5. The van der Waals surface area contributed by atoms with Gasteiger partial charge in [-0.2, -0.15) is 0 Å². The number of aliphatic hydroxyl groups excluding tert-OH is 1. The van der Waals surface area contributed by atoms with E-state index >= 15 is 0 Å². The van der Waals surface area contributed by atoms with Crippen molar-refractivity contribution in [3.8, 4) is 11.5 Å². The summed E-state index contributed by atoms with van der Waals surface area (Å²) in [5.74, 6) is 1.18. The Hall–Kier alpha value is -2.01. The second-order valence-corrected chi connectivity index (χ2v) is 11.9. The molecule has 0 aromatic heterocycles. The van der Waals surface area contributed by atoms with Crippen LogP contribution in [0.5, 0.6) is 11.5 Å². The predicted molar refractivity (Wildman–Crippen MR) is 135 cm³/mol. The van der Waals surface area contributed by atoms with E-state index in [0.29, 0.717) is 6.42 Å². The van der Waals surface area contributed by atoms with E-state index in [1.54, 1.807) is 0 Å². The zero-order valence-corrected chi connectivity index (χ0v) is 21.6. The molecule has 1 heterocycles. The molecule has 0 spiro atoms. The summed E-state index contributed by atoms with van der Waals surface area (Å²) in [5.41, 5.74) is 2.26. The summed E-state index contributed by atoms with van der Waals surface area (Å²) < 4.78 is 6.53. The number of fused-ring (bicyclic) bond motifs is 3. The lowest BCUT2D eigenvalue weighted by molar-refractivity contribution is -0.120. The van der Waals surface area contributed by atoms with Crippen LogP contribution in [0.3, 0.4) is 0 Å². The Kier molecular flexibility index (Phi) is 7.06. The van der Waals surface area contributed by atoms with E-state index in [2.05, 4.69) is 46.0 Å². The van der Waals surface area contributed by atoms with Crippen molar-refractivity contribution in [1.82, 2.24) is 5.32 Å². The second kappa shape index (κ2) is 9.56. The van der Waals surface area contributed by atoms with Crippen LogP contribution in [0.4, 0.5) is 0 Å². The lowest BCUT2D eigenvalue weighted by Gasteiger charge is -2.47. The lowest BCUT2D eigenvalue weighted by Crippen LogP contribution is -2.51. The molecule has 4 atom stereocenters. The van der Waals surface area contributed by atoms with Gasteiger partial charge < -0.3 is 20.3 Å². The summed E-state index contributed by atoms with van der Waals surface area (Å²) in [6, 6.07) is 3.93. The van der Waals surface area contributed by atoms with Crippen molar-refractivity contribution < 1.29 is 19.7 Å². The van der Waals surface area contributed by atoms with E-state index < -0.39 is 11.7 Å². The standard InChI is InChI=1S/C29H43NO4/c1-6-7-8-9-14-28(2,3)19-16-24(32)26-20-15-18(27(33)30-22-12-13-23(22)31)10-11-21(20)29(4,5)34-25(26)17-19/h10,16-17,20-23,31-32H,6-9,11-15H2,1-5H3,(H,30,33)/t20?,21-,22?,23-/m1/s1. The number of aliphatic hydroxyl groups is 1. The largest absolute Gasteiger partial charge is 0.508 e. The van der Waals surface area contributed by atoms with Gasteiger partial charge in [0.15, 0.2) is 0 Å². The number of amides is 1. The first kappa shape index (κ1) is 25.1. The maximum atomic E-state index is 12.9. The van der Waals surface area contributed by atoms with Crippen LogP contribution in [0.25, 0.3) is 0 Å². The van der Waals surface area contributed by atoms with Gasteiger partial charge in [-0.3, -0.25) is 4.79 Å². The average Bonchev–Trinajstić information content (AvgIpc) is 2.78. The van der Waals surface area contributed by atoms with E-state index in [1.165, 1.54) is 25.7 Å². The molecule has 34 heavy (non-hydrogen) atoms. The molecule has 1 fully saturated rings. The summed E-state index contributed by atoms with van der Waals surface area (Å²) in [4.78, 5) is 12.9. The summed E-state index contributed by atoms with van der Waals surface area (Å²) in [7, 11) is 0. The van der Waals surface area contributed by atoms with Gasteiger partial charge >= 0.3 is 0 Å². The number of hydrogen-bond donors (Lipinski definition) is 3. The van der Waals surface area contributed by atoms with Gasteiger partial charge in [-0.15, -0.1) is 0 Å². The number of benzene rings is 1. The van der Waals surface area contributed by atoms with Crippen LogP contribution in [-0.2, 0) is 10.2 Å². The number of ether oxygens (including phenoxy) is 1. The summed E-state index contributed by atoms with van der Waals surface area (Å²) in [6.45, 7) is 11.0. The van der Waals surface area contributed by atoms with Crippen molar-refractivity contribution in [1.29, 1.82) is 0 Å². The lowest BCUT2D eigenvalue weighted by atomic mass is 9.66. The molecule has 1 amide bonds. The van der Waals surface area contributed by atoms with E-state index in [-0.39, 0.29) is 34.9 Å². The van der Waals surface area contributed by atoms with Crippen molar-refractivity contribution in [3.63, 3.8) is 0 Å². The molecule has 2 unspecified atom stereocenters. The third kappa shape index (κ3) is 4.86. The van der Waals surface area contributed by atoms with Crippen molar-refractivity contribution in [2.45, 2.75) is 121 Å². The molecule has 3 aliphatic rings. The van der Waals surface area contributed by atoms with E-state index in [4.69, 9.17) is 4.74 Å². The predicted octanol–water partition coefficient (Wildman–Crippen LogP) is 5.87. The molecule has 1 aromatic rings. The highest BCUT2D eigenvalue weighted by Gasteiger charge is 2.47. The first-order chi connectivity index (χ1) is 16.0. The maximum Gasteiger partial charge on any atom is 0.247 e. The summed E-state index contributed by atoms with van der Waals surface area (Å²) >= 11 is 0. The van der Waals surface area contributed by atoms with E-state index in [9.17, 15) is 15.0 Å².